The molecule has 0 bridgehead atoms. The van der Waals surface area contributed by atoms with Gasteiger partial charge in [-0.1, -0.05) is 36.4 Å². The molecular formula is C30H42O15. The van der Waals surface area contributed by atoms with E-state index in [0.717, 1.165) is 0 Å². The maximum absolute atomic E-state index is 10.8. The molecule has 2 fully saturated rings. The van der Waals surface area contributed by atoms with Crippen molar-refractivity contribution in [1.29, 1.82) is 0 Å². The highest BCUT2D eigenvalue weighted by atomic mass is 16.7. The second-order valence-electron chi connectivity index (χ2n) is 10.7. The van der Waals surface area contributed by atoms with E-state index in [1.54, 1.807) is 48.5 Å². The van der Waals surface area contributed by atoms with E-state index in [4.69, 9.17) is 33.2 Å². The SMILES string of the molecule is OCC1OC(OCC(O)COc2ccccc2)C(O)C(O)C1OC1OC(COCC(O)COc2ccccc2)C(O)C(O)C1O. The number of aliphatic hydroxyl groups excluding tert-OH is 8. The summed E-state index contributed by atoms with van der Waals surface area (Å²) in [5.74, 6) is 1.09. The molecule has 0 aromatic heterocycles. The molecule has 0 spiro atoms. The number of para-hydroxylation sites is 2. The van der Waals surface area contributed by atoms with E-state index in [1.807, 2.05) is 12.1 Å². The van der Waals surface area contributed by atoms with Gasteiger partial charge in [0.15, 0.2) is 12.6 Å². The van der Waals surface area contributed by atoms with E-state index in [9.17, 15) is 40.9 Å². The first-order valence-corrected chi connectivity index (χ1v) is 14.6. The number of hydrogen-bond donors (Lipinski definition) is 8. The van der Waals surface area contributed by atoms with E-state index in [1.165, 1.54) is 0 Å². The molecule has 4 rings (SSSR count). The van der Waals surface area contributed by atoms with Crippen LogP contribution in [0.5, 0.6) is 11.5 Å². The molecule has 12 atom stereocenters. The Hall–Kier alpha value is -2.48. The third kappa shape index (κ3) is 10.0. The van der Waals surface area contributed by atoms with Gasteiger partial charge in [-0.05, 0) is 24.3 Å². The number of rotatable bonds is 16. The molecule has 0 aliphatic carbocycles. The lowest BCUT2D eigenvalue weighted by Crippen LogP contribution is -2.64. The fourth-order valence-corrected chi connectivity index (χ4v) is 4.72. The molecule has 2 aliphatic heterocycles. The lowest BCUT2D eigenvalue weighted by molar-refractivity contribution is -0.361. The van der Waals surface area contributed by atoms with Gasteiger partial charge in [-0.3, -0.25) is 0 Å². The van der Waals surface area contributed by atoms with Crippen LogP contribution in [0.3, 0.4) is 0 Å². The summed E-state index contributed by atoms with van der Waals surface area (Å²) in [6, 6.07) is 17.6. The van der Waals surface area contributed by atoms with E-state index in [2.05, 4.69) is 0 Å². The van der Waals surface area contributed by atoms with Crippen molar-refractivity contribution < 1.29 is 74.0 Å². The van der Waals surface area contributed by atoms with Crippen LogP contribution in [0.1, 0.15) is 0 Å². The fraction of sp³-hybridized carbons (Fsp3) is 0.600. The molecule has 0 amide bonds. The summed E-state index contributed by atoms with van der Waals surface area (Å²) < 4.78 is 38.6. The second-order valence-corrected chi connectivity index (χ2v) is 10.7. The lowest BCUT2D eigenvalue weighted by atomic mass is 9.97. The van der Waals surface area contributed by atoms with Crippen molar-refractivity contribution in [2.24, 2.45) is 0 Å². The van der Waals surface area contributed by atoms with Gasteiger partial charge in [0.2, 0.25) is 0 Å². The van der Waals surface area contributed by atoms with Crippen molar-refractivity contribution in [3.63, 3.8) is 0 Å². The normalized spacial score (nSPS) is 33.3. The first-order valence-electron chi connectivity index (χ1n) is 14.6. The van der Waals surface area contributed by atoms with Gasteiger partial charge in [0, 0.05) is 0 Å². The minimum absolute atomic E-state index is 0.0687. The maximum atomic E-state index is 10.8. The zero-order valence-corrected chi connectivity index (χ0v) is 24.4. The third-order valence-corrected chi connectivity index (χ3v) is 7.20. The van der Waals surface area contributed by atoms with Gasteiger partial charge >= 0.3 is 0 Å². The van der Waals surface area contributed by atoms with Crippen LogP contribution in [-0.4, -0.2) is 154 Å². The average molecular weight is 643 g/mol. The van der Waals surface area contributed by atoms with Crippen LogP contribution in [0, 0.1) is 0 Å². The second kappa shape index (κ2) is 17.4. The third-order valence-electron chi connectivity index (χ3n) is 7.20. The van der Waals surface area contributed by atoms with Crippen molar-refractivity contribution >= 4 is 0 Å². The van der Waals surface area contributed by atoms with E-state index in [-0.39, 0.29) is 33.0 Å². The molecule has 2 heterocycles. The van der Waals surface area contributed by atoms with Crippen molar-refractivity contribution in [3.05, 3.63) is 60.7 Å². The number of hydrogen-bond acceptors (Lipinski definition) is 15. The Morgan fingerprint density at radius 2 is 1.13 bits per heavy atom. The van der Waals surface area contributed by atoms with Crippen molar-refractivity contribution in [3.8, 4) is 11.5 Å². The number of ether oxygens (including phenoxy) is 7. The Kier molecular flexibility index (Phi) is 13.7. The van der Waals surface area contributed by atoms with Gasteiger partial charge in [0.25, 0.3) is 0 Å². The smallest absolute Gasteiger partial charge is 0.187 e. The van der Waals surface area contributed by atoms with Crippen LogP contribution in [0.15, 0.2) is 60.7 Å². The van der Waals surface area contributed by atoms with Crippen molar-refractivity contribution in [2.45, 2.75) is 73.6 Å². The molecular weight excluding hydrogens is 600 g/mol. The predicted octanol–water partition coefficient (Wildman–Crippen LogP) is -2.47. The fourth-order valence-electron chi connectivity index (χ4n) is 4.72. The van der Waals surface area contributed by atoms with Gasteiger partial charge in [0.05, 0.1) is 26.4 Å². The minimum atomic E-state index is -1.79. The molecule has 0 saturated carbocycles. The molecule has 2 aromatic carbocycles. The van der Waals surface area contributed by atoms with E-state index < -0.39 is 80.2 Å². The van der Waals surface area contributed by atoms with Gasteiger partial charge < -0.3 is 74.0 Å². The first kappa shape index (κ1) is 35.4. The highest BCUT2D eigenvalue weighted by molar-refractivity contribution is 5.21. The van der Waals surface area contributed by atoms with Gasteiger partial charge in [-0.15, -0.1) is 0 Å². The average Bonchev–Trinajstić information content (AvgIpc) is 3.06. The van der Waals surface area contributed by atoms with Crippen LogP contribution < -0.4 is 9.47 Å². The molecule has 15 nitrogen and oxygen atoms in total. The molecule has 12 unspecified atom stereocenters. The molecule has 252 valence electrons. The summed E-state index contributed by atoms with van der Waals surface area (Å²) in [6.45, 7) is -1.77. The zero-order valence-electron chi connectivity index (χ0n) is 24.4. The van der Waals surface area contributed by atoms with Crippen molar-refractivity contribution in [2.75, 3.05) is 39.6 Å². The molecule has 2 aliphatic rings. The van der Waals surface area contributed by atoms with E-state index in [0.29, 0.717) is 11.5 Å². The highest BCUT2D eigenvalue weighted by Crippen LogP contribution is 2.30. The minimum Gasteiger partial charge on any atom is -0.491 e. The largest absolute Gasteiger partial charge is 0.491 e. The topological polar surface area (TPSA) is 226 Å². The van der Waals surface area contributed by atoms with Crippen LogP contribution in [0.2, 0.25) is 0 Å². The Morgan fingerprint density at radius 3 is 1.71 bits per heavy atom. The predicted molar refractivity (Wildman–Crippen MR) is 152 cm³/mol. The summed E-state index contributed by atoms with van der Waals surface area (Å²) in [5.41, 5.74) is 0. The van der Waals surface area contributed by atoms with Gasteiger partial charge in [0.1, 0.15) is 85.8 Å². The van der Waals surface area contributed by atoms with E-state index >= 15 is 0 Å². The summed E-state index contributed by atoms with van der Waals surface area (Å²) in [4.78, 5) is 0. The first-order chi connectivity index (χ1) is 21.7. The molecule has 2 aromatic rings. The lowest BCUT2D eigenvalue weighted by Gasteiger charge is -2.46. The van der Waals surface area contributed by atoms with Gasteiger partial charge in [-0.25, -0.2) is 0 Å². The molecule has 45 heavy (non-hydrogen) atoms. The van der Waals surface area contributed by atoms with Crippen LogP contribution in [-0.2, 0) is 23.7 Å². The quantitative estimate of drug-likeness (QED) is 0.0950. The summed E-state index contributed by atoms with van der Waals surface area (Å²) in [6.07, 6.45) is -17.8. The number of aliphatic hydroxyl groups is 8. The van der Waals surface area contributed by atoms with Crippen molar-refractivity contribution in [1.82, 2.24) is 0 Å². The molecule has 8 N–H and O–H groups in total. The monoisotopic (exact) mass is 642 g/mol. The van der Waals surface area contributed by atoms with Crippen LogP contribution in [0.4, 0.5) is 0 Å². The summed E-state index contributed by atoms with van der Waals surface area (Å²) >= 11 is 0. The Morgan fingerprint density at radius 1 is 0.600 bits per heavy atom. The van der Waals surface area contributed by atoms with Gasteiger partial charge in [-0.2, -0.15) is 0 Å². The molecule has 0 radical (unpaired) electrons. The Balaban J connectivity index is 1.26. The highest BCUT2D eigenvalue weighted by Gasteiger charge is 2.51. The van der Waals surface area contributed by atoms with Crippen LogP contribution in [0.25, 0.3) is 0 Å². The maximum Gasteiger partial charge on any atom is 0.187 e. The Labute approximate surface area is 259 Å². The zero-order chi connectivity index (χ0) is 32.3. The molecule has 2 saturated heterocycles. The molecule has 15 heteroatoms. The van der Waals surface area contributed by atoms with Crippen LogP contribution >= 0.6 is 0 Å². The standard InChI is InChI=1S/C30H42O15/c31-11-21-28(25(36)27(38)29(43-21)42-15-18(33)14-41-20-9-5-2-6-10-20)45-30-26(37)24(35)23(34)22(44-30)16-39-12-17(32)13-40-19-7-3-1-4-8-19/h1-10,17-18,21-38H,11-16H2. The Bertz CT molecular complexity index is 1100. The number of benzene rings is 2. The summed E-state index contributed by atoms with van der Waals surface area (Å²) in [5, 5.41) is 83.1. The summed E-state index contributed by atoms with van der Waals surface area (Å²) in [7, 11) is 0.